The van der Waals surface area contributed by atoms with Gasteiger partial charge in [0.1, 0.15) is 23.6 Å². The fraction of sp³-hybridized carbons (Fsp3) is 0.286. The molecule has 1 aromatic carbocycles. The van der Waals surface area contributed by atoms with Crippen molar-refractivity contribution in [3.63, 3.8) is 0 Å². The first-order valence-electron chi connectivity index (χ1n) is 9.10. The van der Waals surface area contributed by atoms with Gasteiger partial charge in [-0.2, -0.15) is 0 Å². The van der Waals surface area contributed by atoms with Crippen LogP contribution in [0, 0.1) is 6.92 Å². The Labute approximate surface area is 161 Å². The zero-order valence-corrected chi connectivity index (χ0v) is 15.5. The van der Waals surface area contributed by atoms with Gasteiger partial charge in [-0.15, -0.1) is 0 Å². The van der Waals surface area contributed by atoms with Crippen LogP contribution >= 0.6 is 0 Å². The number of rotatable bonds is 4. The number of aromatic nitrogens is 1. The minimum absolute atomic E-state index is 0.0263. The second-order valence-electron chi connectivity index (χ2n) is 6.64. The Hall–Kier alpha value is -3.19. The topological polar surface area (TPSA) is 81.9 Å². The van der Waals surface area contributed by atoms with E-state index in [2.05, 4.69) is 4.98 Å². The highest BCUT2D eigenvalue weighted by Crippen LogP contribution is 2.22. The number of fused-ring (bicyclic) bond motifs is 1. The van der Waals surface area contributed by atoms with Gasteiger partial charge < -0.3 is 18.8 Å². The fourth-order valence-electron chi connectivity index (χ4n) is 3.26. The summed E-state index contributed by atoms with van der Waals surface area (Å²) in [5.41, 5.74) is 1.99. The van der Waals surface area contributed by atoms with Crippen LogP contribution in [0.25, 0.3) is 11.0 Å². The molecule has 1 saturated heterocycles. The predicted octanol–water partition coefficient (Wildman–Crippen LogP) is 2.69. The van der Waals surface area contributed by atoms with Gasteiger partial charge in [0.05, 0.1) is 13.2 Å². The van der Waals surface area contributed by atoms with Gasteiger partial charge in [-0.3, -0.25) is 0 Å². The molecule has 0 N–H and O–H groups in total. The molecule has 0 radical (unpaired) electrons. The average molecular weight is 380 g/mol. The second-order valence-corrected chi connectivity index (χ2v) is 6.64. The number of carbonyl (C=O) groups is 1. The summed E-state index contributed by atoms with van der Waals surface area (Å²) in [5.74, 6) is 0.104. The Morgan fingerprint density at radius 3 is 2.86 bits per heavy atom. The van der Waals surface area contributed by atoms with E-state index in [9.17, 15) is 9.59 Å². The summed E-state index contributed by atoms with van der Waals surface area (Å²) >= 11 is 0. The van der Waals surface area contributed by atoms with E-state index in [-0.39, 0.29) is 6.61 Å². The molecule has 0 bridgehead atoms. The molecule has 3 aromatic rings. The summed E-state index contributed by atoms with van der Waals surface area (Å²) in [5, 5.41) is 0.748. The van der Waals surface area contributed by atoms with Crippen molar-refractivity contribution in [2.45, 2.75) is 13.5 Å². The van der Waals surface area contributed by atoms with Crippen LogP contribution < -0.4 is 10.5 Å². The Balaban J connectivity index is 1.57. The lowest BCUT2D eigenvalue weighted by Gasteiger charge is -2.28. The fourth-order valence-corrected chi connectivity index (χ4v) is 3.26. The normalized spacial score (nSPS) is 14.2. The summed E-state index contributed by atoms with van der Waals surface area (Å²) in [7, 11) is 0. The van der Waals surface area contributed by atoms with Crippen LogP contribution in [-0.4, -0.2) is 37.3 Å². The van der Waals surface area contributed by atoms with Gasteiger partial charge in [0.2, 0.25) is 0 Å². The molecule has 2 aromatic heterocycles. The van der Waals surface area contributed by atoms with Crippen LogP contribution in [0.15, 0.2) is 51.8 Å². The van der Waals surface area contributed by atoms with E-state index in [0.717, 1.165) is 10.9 Å². The van der Waals surface area contributed by atoms with Crippen molar-refractivity contribution in [3.8, 4) is 0 Å². The summed E-state index contributed by atoms with van der Waals surface area (Å²) in [4.78, 5) is 31.0. The zero-order chi connectivity index (χ0) is 19.5. The molecule has 0 atom stereocenters. The molecule has 1 aliphatic rings. The Bertz CT molecular complexity index is 1070. The van der Waals surface area contributed by atoms with Gasteiger partial charge in [0, 0.05) is 36.3 Å². The first-order valence-corrected chi connectivity index (χ1v) is 9.10. The standard InChI is InChI=1S/C21H20N2O5/c1-14-4-5-16-15(12-19(24)28-18(16)11-14)13-27-21(25)17-3-2-6-22-20(17)23-7-9-26-10-8-23/h2-6,11-12H,7-10,13H2,1H3. The number of anilines is 1. The number of hydrogen-bond acceptors (Lipinski definition) is 7. The smallest absolute Gasteiger partial charge is 0.342 e. The molecule has 0 spiro atoms. The van der Waals surface area contributed by atoms with Crippen molar-refractivity contribution in [2.24, 2.45) is 0 Å². The van der Waals surface area contributed by atoms with Gasteiger partial charge in [0.15, 0.2) is 0 Å². The van der Waals surface area contributed by atoms with Crippen LogP contribution in [0.1, 0.15) is 21.5 Å². The zero-order valence-electron chi connectivity index (χ0n) is 15.5. The molecule has 3 heterocycles. The lowest BCUT2D eigenvalue weighted by Crippen LogP contribution is -2.37. The summed E-state index contributed by atoms with van der Waals surface area (Å²) in [6.45, 7) is 4.41. The molecule has 0 unspecified atom stereocenters. The van der Waals surface area contributed by atoms with Crippen LogP contribution in [0.3, 0.4) is 0 Å². The monoisotopic (exact) mass is 380 g/mol. The number of esters is 1. The molecule has 7 heteroatoms. The SMILES string of the molecule is Cc1ccc2c(COC(=O)c3cccnc3N3CCOCC3)cc(=O)oc2c1. The quantitative estimate of drug-likeness (QED) is 0.508. The van der Waals surface area contributed by atoms with Crippen molar-refractivity contribution in [1.82, 2.24) is 4.98 Å². The highest BCUT2D eigenvalue weighted by Gasteiger charge is 2.21. The molecule has 28 heavy (non-hydrogen) atoms. The third-order valence-corrected chi connectivity index (χ3v) is 4.66. The average Bonchev–Trinajstić information content (AvgIpc) is 2.72. The van der Waals surface area contributed by atoms with E-state index < -0.39 is 11.6 Å². The van der Waals surface area contributed by atoms with Gasteiger partial charge in [-0.05, 0) is 30.7 Å². The Morgan fingerprint density at radius 2 is 2.04 bits per heavy atom. The van der Waals surface area contributed by atoms with Gasteiger partial charge in [0.25, 0.3) is 0 Å². The van der Waals surface area contributed by atoms with Crippen molar-refractivity contribution >= 4 is 22.8 Å². The van der Waals surface area contributed by atoms with Crippen molar-refractivity contribution in [2.75, 3.05) is 31.2 Å². The van der Waals surface area contributed by atoms with Crippen molar-refractivity contribution in [3.05, 3.63) is 69.7 Å². The van der Waals surface area contributed by atoms with E-state index in [0.29, 0.717) is 48.8 Å². The maximum atomic E-state index is 12.7. The summed E-state index contributed by atoms with van der Waals surface area (Å²) in [6, 6.07) is 10.3. The van der Waals surface area contributed by atoms with Crippen molar-refractivity contribution < 1.29 is 18.7 Å². The number of aryl methyl sites for hydroxylation is 1. The maximum Gasteiger partial charge on any atom is 0.342 e. The predicted molar refractivity (Wildman–Crippen MR) is 104 cm³/mol. The molecule has 0 amide bonds. The van der Waals surface area contributed by atoms with E-state index in [1.54, 1.807) is 24.4 Å². The van der Waals surface area contributed by atoms with Gasteiger partial charge in [-0.25, -0.2) is 14.6 Å². The van der Waals surface area contributed by atoms with Crippen LogP contribution in [-0.2, 0) is 16.1 Å². The third kappa shape index (κ3) is 3.75. The first kappa shape index (κ1) is 18.2. The molecule has 144 valence electrons. The van der Waals surface area contributed by atoms with Crippen LogP contribution in [0.2, 0.25) is 0 Å². The number of carbonyl (C=O) groups excluding carboxylic acids is 1. The minimum Gasteiger partial charge on any atom is -0.457 e. The van der Waals surface area contributed by atoms with Crippen molar-refractivity contribution in [1.29, 1.82) is 0 Å². The molecular formula is C21H20N2O5. The lowest BCUT2D eigenvalue weighted by atomic mass is 10.1. The molecule has 0 saturated carbocycles. The van der Waals surface area contributed by atoms with Gasteiger partial charge in [-0.1, -0.05) is 12.1 Å². The summed E-state index contributed by atoms with van der Waals surface area (Å²) in [6.07, 6.45) is 1.65. The van der Waals surface area contributed by atoms with E-state index >= 15 is 0 Å². The second kappa shape index (κ2) is 7.82. The largest absolute Gasteiger partial charge is 0.457 e. The number of pyridine rings is 1. The van der Waals surface area contributed by atoms with E-state index in [4.69, 9.17) is 13.9 Å². The maximum absolute atomic E-state index is 12.7. The lowest BCUT2D eigenvalue weighted by molar-refractivity contribution is 0.0473. The molecule has 4 rings (SSSR count). The minimum atomic E-state index is -0.483. The first-order chi connectivity index (χ1) is 13.6. The highest BCUT2D eigenvalue weighted by molar-refractivity contribution is 5.95. The number of hydrogen-bond donors (Lipinski definition) is 0. The molecule has 7 nitrogen and oxygen atoms in total. The molecule has 0 aliphatic carbocycles. The number of nitrogens with zero attached hydrogens (tertiary/aromatic N) is 2. The van der Waals surface area contributed by atoms with E-state index in [1.807, 2.05) is 24.0 Å². The van der Waals surface area contributed by atoms with Crippen LogP contribution in [0.4, 0.5) is 5.82 Å². The Kier molecular flexibility index (Phi) is 5.08. The summed E-state index contributed by atoms with van der Waals surface area (Å²) < 4.78 is 16.1. The van der Waals surface area contributed by atoms with Gasteiger partial charge >= 0.3 is 11.6 Å². The number of ether oxygens (including phenoxy) is 2. The van der Waals surface area contributed by atoms with E-state index in [1.165, 1.54) is 6.07 Å². The number of morpholine rings is 1. The molecule has 1 fully saturated rings. The molecular weight excluding hydrogens is 360 g/mol. The molecule has 1 aliphatic heterocycles. The number of benzene rings is 1. The third-order valence-electron chi connectivity index (χ3n) is 4.66. The Morgan fingerprint density at radius 1 is 1.21 bits per heavy atom. The highest BCUT2D eigenvalue weighted by atomic mass is 16.5. The van der Waals surface area contributed by atoms with Crippen LogP contribution in [0.5, 0.6) is 0 Å².